The Bertz CT molecular complexity index is 602. The van der Waals surface area contributed by atoms with Crippen LogP contribution in [0.1, 0.15) is 61.6 Å². The van der Waals surface area contributed by atoms with E-state index in [-0.39, 0.29) is 23.4 Å². The molecule has 1 amide bonds. The first-order valence-corrected chi connectivity index (χ1v) is 7.96. The molecule has 3 rings (SSSR count). The Morgan fingerprint density at radius 2 is 1.90 bits per heavy atom. The summed E-state index contributed by atoms with van der Waals surface area (Å²) in [7, 11) is 0. The van der Waals surface area contributed by atoms with Crippen molar-refractivity contribution in [3.8, 4) is 0 Å². The fourth-order valence-electron chi connectivity index (χ4n) is 3.55. The smallest absolute Gasteiger partial charge is 0.254 e. The van der Waals surface area contributed by atoms with Gasteiger partial charge in [-0.25, -0.2) is 4.98 Å². The topological polar surface area (TPSA) is 66.1 Å². The molecule has 1 aliphatic carbocycles. The SMILES string of the molecule is Cc1nc([C@@H]2CCCN2C(=O)C2CCCC2)[nH]c(=O)c1C. The van der Waals surface area contributed by atoms with Crippen LogP contribution in [0.25, 0.3) is 0 Å². The molecule has 1 N–H and O–H groups in total. The number of nitrogens with one attached hydrogen (secondary N) is 1. The van der Waals surface area contributed by atoms with Crippen LogP contribution in [0.15, 0.2) is 4.79 Å². The lowest BCUT2D eigenvalue weighted by Crippen LogP contribution is -2.36. The van der Waals surface area contributed by atoms with Crippen molar-refractivity contribution in [1.29, 1.82) is 0 Å². The second-order valence-electron chi connectivity index (χ2n) is 6.33. The summed E-state index contributed by atoms with van der Waals surface area (Å²) in [6.45, 7) is 4.42. The van der Waals surface area contributed by atoms with Gasteiger partial charge in [-0.1, -0.05) is 12.8 Å². The maximum atomic E-state index is 12.7. The van der Waals surface area contributed by atoms with Crippen LogP contribution in [-0.2, 0) is 4.79 Å². The van der Waals surface area contributed by atoms with E-state index in [4.69, 9.17) is 0 Å². The first-order chi connectivity index (χ1) is 10.1. The van der Waals surface area contributed by atoms with Gasteiger partial charge in [-0.3, -0.25) is 9.59 Å². The molecule has 1 aromatic rings. The van der Waals surface area contributed by atoms with Gasteiger partial charge in [-0.15, -0.1) is 0 Å². The van der Waals surface area contributed by atoms with Gasteiger partial charge in [0, 0.05) is 23.7 Å². The molecular weight excluding hydrogens is 266 g/mol. The van der Waals surface area contributed by atoms with Gasteiger partial charge in [-0.2, -0.15) is 0 Å². The molecular formula is C16H23N3O2. The molecule has 0 spiro atoms. The third-order valence-electron chi connectivity index (χ3n) is 4.97. The summed E-state index contributed by atoms with van der Waals surface area (Å²) in [5, 5.41) is 0. The van der Waals surface area contributed by atoms with Crippen LogP contribution in [0.3, 0.4) is 0 Å². The molecule has 2 fully saturated rings. The number of hydrogen-bond donors (Lipinski definition) is 1. The Balaban J connectivity index is 1.87. The minimum Gasteiger partial charge on any atom is -0.332 e. The van der Waals surface area contributed by atoms with Crippen LogP contribution in [0, 0.1) is 19.8 Å². The number of nitrogens with zero attached hydrogens (tertiary/aromatic N) is 2. The Labute approximate surface area is 124 Å². The van der Waals surface area contributed by atoms with E-state index in [0.29, 0.717) is 11.4 Å². The van der Waals surface area contributed by atoms with Crippen molar-refractivity contribution in [1.82, 2.24) is 14.9 Å². The van der Waals surface area contributed by atoms with Crippen LogP contribution in [0.4, 0.5) is 0 Å². The largest absolute Gasteiger partial charge is 0.332 e. The highest BCUT2D eigenvalue weighted by atomic mass is 16.2. The van der Waals surface area contributed by atoms with E-state index >= 15 is 0 Å². The first-order valence-electron chi connectivity index (χ1n) is 7.96. The molecule has 1 aliphatic heterocycles. The van der Waals surface area contributed by atoms with Gasteiger partial charge in [0.2, 0.25) is 5.91 Å². The summed E-state index contributed by atoms with van der Waals surface area (Å²) in [6.07, 6.45) is 6.22. The third-order valence-corrected chi connectivity index (χ3v) is 4.97. The number of aromatic nitrogens is 2. The monoisotopic (exact) mass is 289 g/mol. The number of carbonyl (C=O) groups excluding carboxylic acids is 1. The fraction of sp³-hybridized carbons (Fsp3) is 0.688. The molecule has 1 saturated heterocycles. The Kier molecular flexibility index (Phi) is 3.83. The minimum absolute atomic E-state index is 0.0508. The maximum absolute atomic E-state index is 12.7. The fourth-order valence-corrected chi connectivity index (χ4v) is 3.55. The molecule has 0 radical (unpaired) electrons. The Hall–Kier alpha value is -1.65. The molecule has 1 atom stereocenters. The molecule has 114 valence electrons. The van der Waals surface area contributed by atoms with Gasteiger partial charge in [0.15, 0.2) is 0 Å². The zero-order valence-corrected chi connectivity index (χ0v) is 12.8. The van der Waals surface area contributed by atoms with Gasteiger partial charge >= 0.3 is 0 Å². The molecule has 5 heteroatoms. The summed E-state index contributed by atoms with van der Waals surface area (Å²) in [5.41, 5.74) is 1.33. The van der Waals surface area contributed by atoms with Crippen LogP contribution in [0.5, 0.6) is 0 Å². The van der Waals surface area contributed by atoms with Gasteiger partial charge in [-0.05, 0) is 39.5 Å². The van der Waals surface area contributed by atoms with Gasteiger partial charge < -0.3 is 9.88 Å². The summed E-state index contributed by atoms with van der Waals surface area (Å²) in [5.74, 6) is 1.10. The van der Waals surface area contributed by atoms with Gasteiger partial charge in [0.1, 0.15) is 5.82 Å². The van der Waals surface area contributed by atoms with E-state index in [1.165, 1.54) is 0 Å². The molecule has 0 bridgehead atoms. The average Bonchev–Trinajstić information content (AvgIpc) is 3.14. The molecule has 2 heterocycles. The normalized spacial score (nSPS) is 23.0. The molecule has 5 nitrogen and oxygen atoms in total. The van der Waals surface area contributed by atoms with Crippen LogP contribution in [0.2, 0.25) is 0 Å². The van der Waals surface area contributed by atoms with Crippen molar-refractivity contribution in [3.05, 3.63) is 27.4 Å². The standard InChI is InChI=1S/C16H23N3O2/c1-10-11(2)17-14(18-15(10)20)13-8-5-9-19(13)16(21)12-6-3-4-7-12/h12-13H,3-9H2,1-2H3,(H,17,18,20)/t13-/m0/s1. The third kappa shape index (κ3) is 2.61. The average molecular weight is 289 g/mol. The number of aryl methyl sites for hydroxylation is 1. The van der Waals surface area contributed by atoms with Crippen molar-refractivity contribution >= 4 is 5.91 Å². The van der Waals surface area contributed by atoms with Crippen LogP contribution in [-0.4, -0.2) is 27.3 Å². The summed E-state index contributed by atoms with van der Waals surface area (Å²) in [6, 6.07) is -0.0508. The number of amides is 1. The van der Waals surface area contributed by atoms with E-state index in [1.54, 1.807) is 6.92 Å². The van der Waals surface area contributed by atoms with Crippen molar-refractivity contribution in [2.75, 3.05) is 6.54 Å². The van der Waals surface area contributed by atoms with Gasteiger partial charge in [0.25, 0.3) is 5.56 Å². The Morgan fingerprint density at radius 3 is 2.57 bits per heavy atom. The van der Waals surface area contributed by atoms with Crippen molar-refractivity contribution in [2.24, 2.45) is 5.92 Å². The highest BCUT2D eigenvalue weighted by Gasteiger charge is 2.36. The predicted octanol–water partition coefficient (Wildman–Crippen LogP) is 2.24. The summed E-state index contributed by atoms with van der Waals surface area (Å²) < 4.78 is 0. The van der Waals surface area contributed by atoms with E-state index in [1.807, 2.05) is 11.8 Å². The predicted molar refractivity (Wildman–Crippen MR) is 80.0 cm³/mol. The van der Waals surface area contributed by atoms with Gasteiger partial charge in [0.05, 0.1) is 6.04 Å². The number of hydrogen-bond acceptors (Lipinski definition) is 3. The Morgan fingerprint density at radius 1 is 1.19 bits per heavy atom. The quantitative estimate of drug-likeness (QED) is 0.908. The van der Waals surface area contributed by atoms with E-state index in [2.05, 4.69) is 9.97 Å². The molecule has 21 heavy (non-hydrogen) atoms. The molecule has 0 unspecified atom stereocenters. The van der Waals surface area contributed by atoms with Crippen molar-refractivity contribution < 1.29 is 4.79 Å². The summed E-state index contributed by atoms with van der Waals surface area (Å²) in [4.78, 5) is 34.0. The van der Waals surface area contributed by atoms with E-state index < -0.39 is 0 Å². The number of carbonyl (C=O) groups is 1. The zero-order chi connectivity index (χ0) is 15.0. The highest BCUT2D eigenvalue weighted by molar-refractivity contribution is 5.79. The minimum atomic E-state index is -0.0855. The molecule has 0 aromatic carbocycles. The lowest BCUT2D eigenvalue weighted by atomic mass is 10.1. The number of H-pyrrole nitrogens is 1. The lowest BCUT2D eigenvalue weighted by molar-refractivity contribution is -0.136. The molecule has 1 saturated carbocycles. The first kappa shape index (κ1) is 14.3. The molecule has 2 aliphatic rings. The summed E-state index contributed by atoms with van der Waals surface area (Å²) >= 11 is 0. The maximum Gasteiger partial charge on any atom is 0.254 e. The molecule has 1 aromatic heterocycles. The van der Waals surface area contributed by atoms with Crippen molar-refractivity contribution in [2.45, 2.75) is 58.4 Å². The second kappa shape index (κ2) is 5.62. The number of likely N-dealkylation sites (tertiary alicyclic amines) is 1. The van der Waals surface area contributed by atoms with E-state index in [9.17, 15) is 9.59 Å². The van der Waals surface area contributed by atoms with Crippen LogP contribution >= 0.6 is 0 Å². The van der Waals surface area contributed by atoms with Crippen LogP contribution < -0.4 is 5.56 Å². The lowest BCUT2D eigenvalue weighted by Gasteiger charge is -2.27. The highest BCUT2D eigenvalue weighted by Crippen LogP contribution is 2.34. The number of aromatic amines is 1. The van der Waals surface area contributed by atoms with E-state index in [0.717, 1.165) is 50.8 Å². The number of rotatable bonds is 2. The zero-order valence-electron chi connectivity index (χ0n) is 12.8. The van der Waals surface area contributed by atoms with Crippen molar-refractivity contribution in [3.63, 3.8) is 0 Å². The second-order valence-corrected chi connectivity index (χ2v) is 6.33.